The van der Waals surface area contributed by atoms with Gasteiger partial charge in [-0.25, -0.2) is 0 Å². The van der Waals surface area contributed by atoms with Gasteiger partial charge in [0.1, 0.15) is 18.0 Å². The molecular weight excluding hydrogens is 329 g/mol. The van der Waals surface area contributed by atoms with Gasteiger partial charge in [0.05, 0.1) is 3.57 Å². The van der Waals surface area contributed by atoms with E-state index in [1.165, 1.54) is 0 Å². The van der Waals surface area contributed by atoms with Crippen LogP contribution in [0, 0.1) is 3.57 Å². The smallest absolute Gasteiger partial charge is 0.133 e. The number of hydrogen-bond acceptors (Lipinski definition) is 3. The van der Waals surface area contributed by atoms with Gasteiger partial charge in [0.2, 0.25) is 0 Å². The summed E-state index contributed by atoms with van der Waals surface area (Å²) in [6.07, 6.45) is 2.04. The van der Waals surface area contributed by atoms with Crippen LogP contribution < -0.4 is 10.5 Å². The summed E-state index contributed by atoms with van der Waals surface area (Å²) in [5.74, 6) is 0.926. The third-order valence-electron chi connectivity index (χ3n) is 2.92. The predicted molar refractivity (Wildman–Crippen MR) is 76.2 cm³/mol. The average Bonchev–Trinajstić information content (AvgIpc) is 2.31. The number of benzene rings is 1. The Morgan fingerprint density at radius 3 is 2.82 bits per heavy atom. The lowest BCUT2D eigenvalue weighted by Gasteiger charge is -2.41. The molecule has 2 rings (SSSR count). The van der Waals surface area contributed by atoms with Gasteiger partial charge in [-0.2, -0.15) is 0 Å². The van der Waals surface area contributed by atoms with Crippen molar-refractivity contribution in [2.75, 3.05) is 6.61 Å². The van der Waals surface area contributed by atoms with Crippen LogP contribution in [-0.4, -0.2) is 24.9 Å². The summed E-state index contributed by atoms with van der Waals surface area (Å²) >= 11 is 2.28. The molecule has 1 saturated carbocycles. The Bertz CT molecular complexity index is 372. The molecule has 0 heterocycles. The molecule has 0 spiro atoms. The summed E-state index contributed by atoms with van der Waals surface area (Å²) < 4.78 is 12.8. The van der Waals surface area contributed by atoms with Crippen LogP contribution in [0.2, 0.25) is 0 Å². The van der Waals surface area contributed by atoms with Crippen LogP contribution in [0.25, 0.3) is 0 Å². The highest BCUT2D eigenvalue weighted by molar-refractivity contribution is 14.1. The lowest BCUT2D eigenvalue weighted by Crippen LogP contribution is -2.59. The van der Waals surface area contributed by atoms with Crippen molar-refractivity contribution in [3.05, 3.63) is 27.8 Å². The first-order valence-corrected chi connectivity index (χ1v) is 7.08. The van der Waals surface area contributed by atoms with E-state index in [4.69, 9.17) is 15.2 Å². The molecule has 17 heavy (non-hydrogen) atoms. The second-order valence-corrected chi connectivity index (χ2v) is 5.48. The highest BCUT2D eigenvalue weighted by Gasteiger charge is 2.41. The fraction of sp³-hybridized carbons (Fsp3) is 0.538. The molecule has 1 aromatic carbocycles. The Morgan fingerprint density at radius 2 is 2.18 bits per heavy atom. The molecule has 94 valence electrons. The summed E-state index contributed by atoms with van der Waals surface area (Å²) in [7, 11) is 0. The van der Waals surface area contributed by atoms with Gasteiger partial charge in [0, 0.05) is 19.1 Å². The molecule has 4 heteroatoms. The van der Waals surface area contributed by atoms with Crippen molar-refractivity contribution in [3.8, 4) is 5.75 Å². The van der Waals surface area contributed by atoms with Crippen molar-refractivity contribution in [1.29, 1.82) is 0 Å². The Balaban J connectivity index is 1.93. The molecule has 0 aromatic heterocycles. The Kier molecular flexibility index (Phi) is 4.64. The highest BCUT2D eigenvalue weighted by atomic mass is 127. The quantitative estimate of drug-likeness (QED) is 0.833. The van der Waals surface area contributed by atoms with Crippen LogP contribution >= 0.6 is 22.6 Å². The van der Waals surface area contributed by atoms with Gasteiger partial charge in [-0.1, -0.05) is 19.1 Å². The number of halogens is 1. The summed E-state index contributed by atoms with van der Waals surface area (Å²) in [6, 6.07) is 8.14. The molecule has 2 N–H and O–H groups in total. The third-order valence-corrected chi connectivity index (χ3v) is 3.81. The van der Waals surface area contributed by atoms with E-state index in [9.17, 15) is 0 Å². The summed E-state index contributed by atoms with van der Waals surface area (Å²) in [6.45, 7) is 2.85. The first-order chi connectivity index (χ1) is 8.22. The van der Waals surface area contributed by atoms with Crippen LogP contribution in [0.5, 0.6) is 5.75 Å². The lowest BCUT2D eigenvalue weighted by atomic mass is 9.86. The number of ether oxygens (including phenoxy) is 2. The number of hydrogen-bond donors (Lipinski definition) is 1. The fourth-order valence-corrected chi connectivity index (χ4v) is 2.43. The second-order valence-electron chi connectivity index (χ2n) is 4.32. The molecule has 0 saturated heterocycles. The molecule has 0 amide bonds. The van der Waals surface area contributed by atoms with E-state index in [2.05, 4.69) is 29.5 Å². The van der Waals surface area contributed by atoms with Crippen LogP contribution in [0.1, 0.15) is 19.8 Å². The summed E-state index contributed by atoms with van der Waals surface area (Å²) in [5.41, 5.74) is 5.94. The first-order valence-electron chi connectivity index (χ1n) is 6.00. The Labute approximate surface area is 116 Å². The molecular formula is C13H18INO2. The van der Waals surface area contributed by atoms with Gasteiger partial charge in [-0.3, -0.25) is 0 Å². The maximum atomic E-state index is 5.95. The van der Waals surface area contributed by atoms with Crippen LogP contribution in [-0.2, 0) is 4.74 Å². The molecule has 1 aromatic rings. The SMILES string of the molecule is CCCOC1C(N)CC1Oc1ccccc1I. The molecule has 0 bridgehead atoms. The van der Waals surface area contributed by atoms with E-state index in [0.717, 1.165) is 28.8 Å². The van der Waals surface area contributed by atoms with Gasteiger partial charge in [-0.05, 0) is 41.1 Å². The molecule has 0 aliphatic heterocycles. The average molecular weight is 347 g/mol. The number of para-hydroxylation sites is 1. The van der Waals surface area contributed by atoms with E-state index in [1.807, 2.05) is 24.3 Å². The minimum Gasteiger partial charge on any atom is -0.486 e. The van der Waals surface area contributed by atoms with E-state index in [-0.39, 0.29) is 18.2 Å². The van der Waals surface area contributed by atoms with Crippen molar-refractivity contribution >= 4 is 22.6 Å². The van der Waals surface area contributed by atoms with E-state index in [1.54, 1.807) is 0 Å². The molecule has 3 nitrogen and oxygen atoms in total. The van der Waals surface area contributed by atoms with E-state index < -0.39 is 0 Å². The topological polar surface area (TPSA) is 44.5 Å². The summed E-state index contributed by atoms with van der Waals surface area (Å²) in [5, 5.41) is 0. The molecule has 1 fully saturated rings. The zero-order chi connectivity index (χ0) is 12.3. The van der Waals surface area contributed by atoms with E-state index in [0.29, 0.717) is 0 Å². The first kappa shape index (κ1) is 13.1. The lowest BCUT2D eigenvalue weighted by molar-refractivity contribution is -0.0982. The van der Waals surface area contributed by atoms with Gasteiger partial charge < -0.3 is 15.2 Å². The standard InChI is InChI=1S/C13H18INO2/c1-2-7-16-13-10(15)8-12(13)17-11-6-4-3-5-9(11)14/h3-6,10,12-13H,2,7-8,15H2,1H3. The highest BCUT2D eigenvalue weighted by Crippen LogP contribution is 2.30. The van der Waals surface area contributed by atoms with Crippen molar-refractivity contribution in [2.45, 2.75) is 38.0 Å². The molecule has 0 radical (unpaired) electrons. The Hall–Kier alpha value is -0.330. The molecule has 3 unspecified atom stereocenters. The normalized spacial score (nSPS) is 27.6. The fourth-order valence-electron chi connectivity index (χ4n) is 1.92. The Morgan fingerprint density at radius 1 is 1.41 bits per heavy atom. The van der Waals surface area contributed by atoms with Gasteiger partial charge >= 0.3 is 0 Å². The van der Waals surface area contributed by atoms with Gasteiger partial charge in [0.15, 0.2) is 0 Å². The van der Waals surface area contributed by atoms with Crippen molar-refractivity contribution in [1.82, 2.24) is 0 Å². The summed E-state index contributed by atoms with van der Waals surface area (Å²) in [4.78, 5) is 0. The number of nitrogens with two attached hydrogens (primary N) is 1. The second kappa shape index (κ2) is 6.02. The van der Waals surface area contributed by atoms with Crippen molar-refractivity contribution < 1.29 is 9.47 Å². The van der Waals surface area contributed by atoms with Gasteiger partial charge in [-0.15, -0.1) is 0 Å². The molecule has 1 aliphatic rings. The largest absolute Gasteiger partial charge is 0.486 e. The monoisotopic (exact) mass is 347 g/mol. The molecule has 1 aliphatic carbocycles. The maximum absolute atomic E-state index is 5.95. The zero-order valence-corrected chi connectivity index (χ0v) is 12.1. The van der Waals surface area contributed by atoms with Crippen LogP contribution in [0.4, 0.5) is 0 Å². The maximum Gasteiger partial charge on any atom is 0.133 e. The van der Waals surface area contributed by atoms with Gasteiger partial charge in [0.25, 0.3) is 0 Å². The predicted octanol–water partition coefficient (Wildman–Crippen LogP) is 2.56. The van der Waals surface area contributed by atoms with E-state index >= 15 is 0 Å². The van der Waals surface area contributed by atoms with Crippen LogP contribution in [0.3, 0.4) is 0 Å². The zero-order valence-electron chi connectivity index (χ0n) is 9.93. The minimum atomic E-state index is 0.0472. The third kappa shape index (κ3) is 3.11. The van der Waals surface area contributed by atoms with Crippen molar-refractivity contribution in [2.24, 2.45) is 5.73 Å². The minimum absolute atomic E-state index is 0.0472. The number of rotatable bonds is 5. The molecule has 3 atom stereocenters. The van der Waals surface area contributed by atoms with Crippen molar-refractivity contribution in [3.63, 3.8) is 0 Å². The van der Waals surface area contributed by atoms with Crippen LogP contribution in [0.15, 0.2) is 24.3 Å².